The highest BCUT2D eigenvalue weighted by atomic mass is 19.1. The number of hydrogen-bond donors (Lipinski definition) is 2. The maximum Gasteiger partial charge on any atom is 0.337 e. The summed E-state index contributed by atoms with van der Waals surface area (Å²) in [5.74, 6) is -1.71. The maximum atomic E-state index is 13.6. The van der Waals surface area contributed by atoms with Gasteiger partial charge in [0.1, 0.15) is 17.9 Å². The summed E-state index contributed by atoms with van der Waals surface area (Å²) in [6.07, 6.45) is 0.609. The number of halogens is 2. The quantitative estimate of drug-likeness (QED) is 0.143. The first kappa shape index (κ1) is 37.9. The predicted molar refractivity (Wildman–Crippen MR) is 199 cm³/mol. The summed E-state index contributed by atoms with van der Waals surface area (Å²) in [5, 5.41) is 22.1. The number of nitrogens with zero attached hydrogens (tertiary/aromatic N) is 3. The molecule has 1 aliphatic rings. The standard InChI is InChI=1S/C42H51F2N3O4/c1-27-36(38(46-24-21-42(6,7)22-25-46)37(28(2)45-27)39(40(49)50)51-41(3,4)5)31-12-18-34(19-13-31)47(23-20-29-8-14-32(43)15-9-29)35(48)26-30-10-16-33(44)17-11-30/h8-19,35,39,48H,20-26H2,1-7H3,(H,49,50)/t35?,39-/m0/s1. The number of carbonyl (C=O) groups is 1. The molecule has 0 spiro atoms. The van der Waals surface area contributed by atoms with Crippen molar-refractivity contribution in [3.05, 3.63) is 113 Å². The minimum absolute atomic E-state index is 0.176. The van der Waals surface area contributed by atoms with Crippen LogP contribution in [-0.4, -0.2) is 52.6 Å². The fraction of sp³-hybridized carbons (Fsp3) is 0.429. The van der Waals surface area contributed by atoms with Gasteiger partial charge in [-0.15, -0.1) is 0 Å². The van der Waals surface area contributed by atoms with E-state index in [0.29, 0.717) is 24.2 Å². The third kappa shape index (κ3) is 9.51. The van der Waals surface area contributed by atoms with Crippen LogP contribution in [0, 0.1) is 30.9 Å². The predicted octanol–water partition coefficient (Wildman–Crippen LogP) is 8.82. The number of pyridine rings is 1. The van der Waals surface area contributed by atoms with Crippen molar-refractivity contribution in [1.29, 1.82) is 0 Å². The number of carboxylic acids is 1. The first-order chi connectivity index (χ1) is 24.0. The van der Waals surface area contributed by atoms with Gasteiger partial charge in [0, 0.05) is 54.3 Å². The Balaban J connectivity index is 1.57. The number of benzene rings is 3. The molecule has 2 heterocycles. The molecular weight excluding hydrogens is 648 g/mol. The van der Waals surface area contributed by atoms with Crippen LogP contribution in [0.25, 0.3) is 11.1 Å². The second-order valence-corrected chi connectivity index (χ2v) is 15.4. The number of aliphatic carboxylic acids is 1. The zero-order valence-electron chi connectivity index (χ0n) is 30.8. The lowest BCUT2D eigenvalue weighted by Gasteiger charge is -2.41. The van der Waals surface area contributed by atoms with Crippen molar-refractivity contribution in [2.24, 2.45) is 5.41 Å². The SMILES string of the molecule is Cc1nc(C)c([C@H](OC(C)(C)C)C(=O)O)c(N2CCC(C)(C)CC2)c1-c1ccc(N(CCc2ccc(F)cc2)C(O)Cc2ccc(F)cc2)cc1. The second kappa shape index (κ2) is 15.5. The number of carboxylic acid groups (broad SMARTS) is 1. The fourth-order valence-electron chi connectivity index (χ4n) is 6.87. The Morgan fingerprint density at radius 3 is 1.98 bits per heavy atom. The number of aryl methyl sites for hydroxylation is 2. The molecule has 3 aromatic carbocycles. The molecule has 7 nitrogen and oxygen atoms in total. The monoisotopic (exact) mass is 699 g/mol. The third-order valence-corrected chi connectivity index (χ3v) is 9.70. The molecule has 2 N–H and O–H groups in total. The fourth-order valence-corrected chi connectivity index (χ4v) is 6.87. The van der Waals surface area contributed by atoms with E-state index in [0.717, 1.165) is 65.3 Å². The van der Waals surface area contributed by atoms with Crippen LogP contribution in [0.4, 0.5) is 20.2 Å². The lowest BCUT2D eigenvalue weighted by Crippen LogP contribution is -2.39. The normalized spacial score (nSPS) is 15.8. The van der Waals surface area contributed by atoms with Crippen molar-refractivity contribution in [3.8, 4) is 11.1 Å². The van der Waals surface area contributed by atoms with Crippen molar-refractivity contribution in [1.82, 2.24) is 4.98 Å². The van der Waals surface area contributed by atoms with Crippen molar-refractivity contribution >= 4 is 17.3 Å². The van der Waals surface area contributed by atoms with Crippen LogP contribution >= 0.6 is 0 Å². The van der Waals surface area contributed by atoms with E-state index in [2.05, 4.69) is 18.7 Å². The maximum absolute atomic E-state index is 13.6. The van der Waals surface area contributed by atoms with Gasteiger partial charge in [0.25, 0.3) is 0 Å². The Morgan fingerprint density at radius 2 is 1.45 bits per heavy atom. The van der Waals surface area contributed by atoms with Gasteiger partial charge in [0.15, 0.2) is 6.10 Å². The van der Waals surface area contributed by atoms with Gasteiger partial charge in [-0.3, -0.25) is 4.98 Å². The Labute approximate surface area is 300 Å². The molecule has 51 heavy (non-hydrogen) atoms. The van der Waals surface area contributed by atoms with E-state index in [-0.39, 0.29) is 23.5 Å². The Hall–Kier alpha value is -4.34. The van der Waals surface area contributed by atoms with Crippen LogP contribution in [0.15, 0.2) is 72.8 Å². The Kier molecular flexibility index (Phi) is 11.5. The molecule has 0 aliphatic carbocycles. The van der Waals surface area contributed by atoms with Crippen LogP contribution < -0.4 is 9.80 Å². The van der Waals surface area contributed by atoms with E-state index in [9.17, 15) is 23.8 Å². The van der Waals surface area contributed by atoms with E-state index >= 15 is 0 Å². The summed E-state index contributed by atoms with van der Waals surface area (Å²) >= 11 is 0. The topological polar surface area (TPSA) is 86.1 Å². The average molecular weight is 700 g/mol. The zero-order chi connectivity index (χ0) is 37.1. The summed E-state index contributed by atoms with van der Waals surface area (Å²) in [7, 11) is 0. The molecule has 1 saturated heterocycles. The van der Waals surface area contributed by atoms with Gasteiger partial charge in [-0.2, -0.15) is 0 Å². The van der Waals surface area contributed by atoms with Crippen LogP contribution in [-0.2, 0) is 22.4 Å². The molecule has 1 aliphatic heterocycles. The third-order valence-electron chi connectivity index (χ3n) is 9.70. The van der Waals surface area contributed by atoms with Gasteiger partial charge in [-0.25, -0.2) is 13.6 Å². The van der Waals surface area contributed by atoms with Crippen molar-refractivity contribution < 1.29 is 28.5 Å². The van der Waals surface area contributed by atoms with E-state index in [1.165, 1.54) is 24.3 Å². The molecule has 9 heteroatoms. The highest BCUT2D eigenvalue weighted by Crippen LogP contribution is 2.45. The minimum Gasteiger partial charge on any atom is -0.479 e. The number of hydrogen-bond acceptors (Lipinski definition) is 6. The van der Waals surface area contributed by atoms with Crippen LogP contribution in [0.3, 0.4) is 0 Å². The molecule has 272 valence electrons. The first-order valence-electron chi connectivity index (χ1n) is 17.7. The summed E-state index contributed by atoms with van der Waals surface area (Å²) in [4.78, 5) is 22.0. The molecule has 2 atom stereocenters. The molecule has 0 amide bonds. The van der Waals surface area contributed by atoms with Crippen molar-refractivity contribution in [2.45, 2.75) is 92.1 Å². The number of anilines is 2. The molecular formula is C42H51F2N3O4. The van der Waals surface area contributed by atoms with E-state index in [1.807, 2.05) is 63.8 Å². The summed E-state index contributed by atoms with van der Waals surface area (Å²) < 4.78 is 33.5. The first-order valence-corrected chi connectivity index (χ1v) is 17.7. The summed E-state index contributed by atoms with van der Waals surface area (Å²) in [6.45, 7) is 15.9. The number of ether oxygens (including phenoxy) is 1. The number of rotatable bonds is 12. The molecule has 0 saturated carbocycles. The second-order valence-electron chi connectivity index (χ2n) is 15.4. The Bertz CT molecular complexity index is 1790. The number of aliphatic hydroxyl groups excluding tert-OH is 1. The van der Waals surface area contributed by atoms with Gasteiger partial charge < -0.3 is 24.7 Å². The van der Waals surface area contributed by atoms with Gasteiger partial charge in [-0.05, 0) is 112 Å². The largest absolute Gasteiger partial charge is 0.479 e. The molecule has 1 fully saturated rings. The van der Waals surface area contributed by atoms with E-state index in [4.69, 9.17) is 9.72 Å². The number of aliphatic hydroxyl groups is 1. The lowest BCUT2D eigenvalue weighted by molar-refractivity contribution is -0.160. The van der Waals surface area contributed by atoms with Crippen molar-refractivity contribution in [2.75, 3.05) is 29.4 Å². The van der Waals surface area contributed by atoms with E-state index < -0.39 is 23.9 Å². The summed E-state index contributed by atoms with van der Waals surface area (Å²) in [6, 6.07) is 20.3. The molecule has 5 rings (SSSR count). The Morgan fingerprint density at radius 1 is 0.902 bits per heavy atom. The van der Waals surface area contributed by atoms with Crippen LogP contribution in [0.2, 0.25) is 0 Å². The molecule has 4 aromatic rings. The average Bonchev–Trinajstić information content (AvgIpc) is 3.05. The van der Waals surface area contributed by atoms with Crippen LogP contribution in [0.1, 0.15) is 81.6 Å². The number of aromatic nitrogens is 1. The van der Waals surface area contributed by atoms with Crippen molar-refractivity contribution in [3.63, 3.8) is 0 Å². The molecule has 1 aromatic heterocycles. The molecule has 0 bridgehead atoms. The zero-order valence-corrected chi connectivity index (χ0v) is 30.8. The summed E-state index contributed by atoms with van der Waals surface area (Å²) in [5.41, 5.74) is 6.50. The number of piperidine rings is 1. The highest BCUT2D eigenvalue weighted by molar-refractivity contribution is 5.88. The van der Waals surface area contributed by atoms with Gasteiger partial charge in [0.2, 0.25) is 0 Å². The smallest absolute Gasteiger partial charge is 0.337 e. The van der Waals surface area contributed by atoms with Crippen LogP contribution in [0.5, 0.6) is 0 Å². The molecule has 0 radical (unpaired) electrons. The van der Waals surface area contributed by atoms with Gasteiger partial charge in [0.05, 0.1) is 11.3 Å². The lowest BCUT2D eigenvalue weighted by atomic mass is 9.81. The minimum atomic E-state index is -1.22. The highest BCUT2D eigenvalue weighted by Gasteiger charge is 2.36. The van der Waals surface area contributed by atoms with E-state index in [1.54, 1.807) is 24.3 Å². The van der Waals surface area contributed by atoms with Gasteiger partial charge >= 0.3 is 5.97 Å². The molecule has 1 unspecified atom stereocenters. The van der Waals surface area contributed by atoms with Gasteiger partial charge in [-0.1, -0.05) is 50.2 Å².